The molecule has 92 valence electrons. The zero-order valence-corrected chi connectivity index (χ0v) is 10.3. The van der Waals surface area contributed by atoms with E-state index in [9.17, 15) is 0 Å². The van der Waals surface area contributed by atoms with Gasteiger partial charge in [0.15, 0.2) is 0 Å². The number of hydrogen-bond acceptors (Lipinski definition) is 5. The molecule has 0 bridgehead atoms. The van der Waals surface area contributed by atoms with Crippen molar-refractivity contribution in [3.8, 4) is 0 Å². The minimum absolute atomic E-state index is 0.465. The summed E-state index contributed by atoms with van der Waals surface area (Å²) in [6.07, 6.45) is 1.58. The summed E-state index contributed by atoms with van der Waals surface area (Å²) < 4.78 is 0. The number of aromatic nitrogens is 2. The molecule has 2 aliphatic heterocycles. The van der Waals surface area contributed by atoms with Crippen molar-refractivity contribution < 1.29 is 0 Å². The van der Waals surface area contributed by atoms with Crippen LogP contribution < -0.4 is 16.0 Å². The Morgan fingerprint density at radius 3 is 2.76 bits per heavy atom. The molecule has 1 fully saturated rings. The van der Waals surface area contributed by atoms with E-state index < -0.39 is 0 Å². The molecule has 5 nitrogen and oxygen atoms in total. The maximum atomic E-state index is 6.03. The Morgan fingerprint density at radius 1 is 1.41 bits per heavy atom. The van der Waals surface area contributed by atoms with Crippen LogP contribution in [-0.2, 0) is 0 Å². The van der Waals surface area contributed by atoms with Gasteiger partial charge in [-0.25, -0.2) is 9.97 Å². The van der Waals surface area contributed by atoms with Crippen molar-refractivity contribution in [2.75, 3.05) is 30.3 Å². The molecule has 0 spiro atoms. The molecule has 1 aromatic rings. The van der Waals surface area contributed by atoms with Crippen molar-refractivity contribution in [3.05, 3.63) is 11.9 Å². The van der Waals surface area contributed by atoms with Crippen LogP contribution in [0.25, 0.3) is 0 Å². The molecule has 1 atom stereocenters. The Bertz CT molecular complexity index is 427. The Balaban J connectivity index is 2.01. The topological polar surface area (TPSA) is 67.1 Å². The molecule has 3 N–H and O–H groups in total. The van der Waals surface area contributed by atoms with E-state index in [1.807, 2.05) is 0 Å². The number of fused-ring (bicyclic) bond motifs is 1. The van der Waals surface area contributed by atoms with E-state index in [1.54, 1.807) is 6.33 Å². The van der Waals surface area contributed by atoms with Crippen LogP contribution in [-0.4, -0.2) is 35.6 Å². The van der Waals surface area contributed by atoms with Crippen LogP contribution in [0.3, 0.4) is 0 Å². The zero-order chi connectivity index (χ0) is 12.0. The van der Waals surface area contributed by atoms with Crippen LogP contribution in [0.15, 0.2) is 6.33 Å². The standard InChI is InChI=1S/C12H19N5/c1-7(2)9-5-17(8-3-14-4-8)12-10(9)11(13)15-6-16-12/h6-9,14H,3-5H2,1-2H3,(H2,13,15,16). The van der Waals surface area contributed by atoms with Gasteiger partial charge in [0.1, 0.15) is 18.0 Å². The number of nitrogen functional groups attached to an aromatic ring is 1. The van der Waals surface area contributed by atoms with Gasteiger partial charge in [-0.05, 0) is 5.92 Å². The Labute approximate surface area is 101 Å². The first-order valence-electron chi connectivity index (χ1n) is 6.26. The molecule has 0 amide bonds. The van der Waals surface area contributed by atoms with Gasteiger partial charge in [-0.1, -0.05) is 13.8 Å². The number of nitrogens with zero attached hydrogens (tertiary/aromatic N) is 3. The number of rotatable bonds is 2. The summed E-state index contributed by atoms with van der Waals surface area (Å²) in [6, 6.07) is 0.576. The van der Waals surface area contributed by atoms with Gasteiger partial charge in [-0.3, -0.25) is 0 Å². The summed E-state index contributed by atoms with van der Waals surface area (Å²) >= 11 is 0. The number of nitrogens with two attached hydrogens (primary N) is 1. The molecule has 17 heavy (non-hydrogen) atoms. The van der Waals surface area contributed by atoms with Crippen LogP contribution in [0.2, 0.25) is 0 Å². The van der Waals surface area contributed by atoms with E-state index in [0.29, 0.717) is 23.7 Å². The highest BCUT2D eigenvalue weighted by molar-refractivity contribution is 5.64. The molecular weight excluding hydrogens is 214 g/mol. The van der Waals surface area contributed by atoms with E-state index in [1.165, 1.54) is 0 Å². The third-order valence-corrected chi connectivity index (χ3v) is 3.94. The van der Waals surface area contributed by atoms with E-state index >= 15 is 0 Å². The highest BCUT2D eigenvalue weighted by Gasteiger charge is 2.39. The fourth-order valence-corrected chi connectivity index (χ4v) is 2.73. The van der Waals surface area contributed by atoms with E-state index in [4.69, 9.17) is 5.73 Å². The summed E-state index contributed by atoms with van der Waals surface area (Å²) in [5, 5.41) is 3.31. The van der Waals surface area contributed by atoms with Gasteiger partial charge < -0.3 is 16.0 Å². The lowest BCUT2D eigenvalue weighted by atomic mass is 9.91. The lowest BCUT2D eigenvalue weighted by molar-refractivity contribution is 0.400. The van der Waals surface area contributed by atoms with Crippen LogP contribution >= 0.6 is 0 Å². The van der Waals surface area contributed by atoms with Crippen LogP contribution in [0.5, 0.6) is 0 Å². The monoisotopic (exact) mass is 233 g/mol. The fraction of sp³-hybridized carbons (Fsp3) is 0.667. The molecular formula is C12H19N5. The lowest BCUT2D eigenvalue weighted by Crippen LogP contribution is -2.57. The maximum Gasteiger partial charge on any atom is 0.138 e. The van der Waals surface area contributed by atoms with Gasteiger partial charge in [0.2, 0.25) is 0 Å². The first kappa shape index (κ1) is 10.8. The predicted octanol–water partition coefficient (Wildman–Crippen LogP) is 0.590. The predicted molar refractivity (Wildman–Crippen MR) is 68.0 cm³/mol. The summed E-state index contributed by atoms with van der Waals surface area (Å²) in [4.78, 5) is 11.0. The number of anilines is 2. The van der Waals surface area contributed by atoms with Crippen molar-refractivity contribution in [2.45, 2.75) is 25.8 Å². The third-order valence-electron chi connectivity index (χ3n) is 3.94. The van der Waals surface area contributed by atoms with Crippen molar-refractivity contribution in [1.29, 1.82) is 0 Å². The average Bonchev–Trinajstić information content (AvgIpc) is 2.57. The van der Waals surface area contributed by atoms with Gasteiger partial charge in [-0.15, -0.1) is 0 Å². The van der Waals surface area contributed by atoms with Crippen molar-refractivity contribution in [2.24, 2.45) is 5.92 Å². The zero-order valence-electron chi connectivity index (χ0n) is 10.3. The minimum atomic E-state index is 0.465. The first-order valence-corrected chi connectivity index (χ1v) is 6.26. The van der Waals surface area contributed by atoms with Gasteiger partial charge in [0, 0.05) is 31.1 Å². The molecule has 5 heteroatoms. The highest BCUT2D eigenvalue weighted by atomic mass is 15.3. The molecule has 0 radical (unpaired) electrons. The number of hydrogen-bond donors (Lipinski definition) is 2. The van der Waals surface area contributed by atoms with Crippen molar-refractivity contribution in [3.63, 3.8) is 0 Å². The Hall–Kier alpha value is -1.36. The van der Waals surface area contributed by atoms with E-state index in [-0.39, 0.29) is 0 Å². The average molecular weight is 233 g/mol. The van der Waals surface area contributed by atoms with Gasteiger partial charge in [0.05, 0.1) is 6.04 Å². The minimum Gasteiger partial charge on any atom is -0.383 e. The second-order valence-electron chi connectivity index (χ2n) is 5.31. The molecule has 1 unspecified atom stereocenters. The van der Waals surface area contributed by atoms with E-state index in [2.05, 4.69) is 34.0 Å². The quantitative estimate of drug-likeness (QED) is 0.782. The van der Waals surface area contributed by atoms with Crippen molar-refractivity contribution >= 4 is 11.6 Å². The van der Waals surface area contributed by atoms with Gasteiger partial charge in [-0.2, -0.15) is 0 Å². The molecule has 0 aliphatic carbocycles. The van der Waals surface area contributed by atoms with E-state index in [0.717, 1.165) is 31.0 Å². The fourth-order valence-electron chi connectivity index (χ4n) is 2.73. The Morgan fingerprint density at radius 2 is 2.18 bits per heavy atom. The molecule has 3 heterocycles. The van der Waals surface area contributed by atoms with Crippen LogP contribution in [0.4, 0.5) is 11.6 Å². The second-order valence-corrected chi connectivity index (χ2v) is 5.31. The Kier molecular flexibility index (Phi) is 2.43. The highest BCUT2D eigenvalue weighted by Crippen LogP contribution is 2.42. The molecule has 1 aromatic heterocycles. The molecule has 0 saturated carbocycles. The smallest absolute Gasteiger partial charge is 0.138 e. The third kappa shape index (κ3) is 1.57. The van der Waals surface area contributed by atoms with Crippen LogP contribution in [0, 0.1) is 5.92 Å². The normalized spacial score (nSPS) is 23.9. The molecule has 0 aromatic carbocycles. The summed E-state index contributed by atoms with van der Waals surface area (Å²) in [5.41, 5.74) is 7.19. The van der Waals surface area contributed by atoms with Gasteiger partial charge in [0.25, 0.3) is 0 Å². The molecule has 1 saturated heterocycles. The summed E-state index contributed by atoms with van der Waals surface area (Å²) in [7, 11) is 0. The molecule has 3 rings (SSSR count). The maximum absolute atomic E-state index is 6.03. The van der Waals surface area contributed by atoms with Crippen LogP contribution in [0.1, 0.15) is 25.3 Å². The second kappa shape index (κ2) is 3.84. The van der Waals surface area contributed by atoms with Crippen molar-refractivity contribution in [1.82, 2.24) is 15.3 Å². The largest absolute Gasteiger partial charge is 0.383 e. The number of nitrogens with one attached hydrogen (secondary N) is 1. The van der Waals surface area contributed by atoms with Gasteiger partial charge >= 0.3 is 0 Å². The molecule has 2 aliphatic rings. The lowest BCUT2D eigenvalue weighted by Gasteiger charge is -2.37. The summed E-state index contributed by atoms with van der Waals surface area (Å²) in [5.74, 6) is 2.75. The first-order chi connectivity index (χ1) is 8.18. The SMILES string of the molecule is CC(C)C1CN(C2CNC2)c2ncnc(N)c21. The summed E-state index contributed by atoms with van der Waals surface area (Å²) in [6.45, 7) is 7.61.